The van der Waals surface area contributed by atoms with E-state index < -0.39 is 5.91 Å². The lowest BCUT2D eigenvalue weighted by atomic mass is 10.1. The summed E-state index contributed by atoms with van der Waals surface area (Å²) in [7, 11) is 2.12. The van der Waals surface area contributed by atoms with Gasteiger partial charge in [0.1, 0.15) is 11.3 Å². The third kappa shape index (κ3) is 6.37. The van der Waals surface area contributed by atoms with Crippen molar-refractivity contribution < 1.29 is 9.53 Å². The summed E-state index contributed by atoms with van der Waals surface area (Å²) in [6.45, 7) is 4.57. The molecule has 0 fully saturated rings. The summed E-state index contributed by atoms with van der Waals surface area (Å²) in [5, 5.41) is 3.29. The van der Waals surface area contributed by atoms with Gasteiger partial charge in [-0.2, -0.15) is 0 Å². The van der Waals surface area contributed by atoms with Crippen molar-refractivity contribution in [3.8, 4) is 5.75 Å². The second-order valence-electron chi connectivity index (χ2n) is 8.64. The molecule has 0 radical (unpaired) electrons. The van der Waals surface area contributed by atoms with Crippen LogP contribution in [0.2, 0.25) is 0 Å². The fraction of sp³-hybridized carbons (Fsp3) is 0.241. The van der Waals surface area contributed by atoms with E-state index in [1.807, 2.05) is 25.1 Å². The number of likely N-dealkylation sites (N-methyl/N-ethyl adjacent to an activating group) is 1. The maximum absolute atomic E-state index is 12.9. The van der Waals surface area contributed by atoms with E-state index in [2.05, 4.69) is 58.6 Å². The Morgan fingerprint density at radius 2 is 1.71 bits per heavy atom. The minimum atomic E-state index is -0.403. The number of hydrogen-bond acceptors (Lipinski definition) is 4. The van der Waals surface area contributed by atoms with Gasteiger partial charge in [0, 0.05) is 36.7 Å². The normalized spacial score (nSPS) is 11.1. The van der Waals surface area contributed by atoms with Crippen LogP contribution in [0.1, 0.15) is 34.0 Å². The van der Waals surface area contributed by atoms with Crippen LogP contribution in [0.15, 0.2) is 83.8 Å². The number of carbonyl (C=O) groups is 1. The lowest BCUT2D eigenvalue weighted by Crippen LogP contribution is -2.28. The number of nitrogens with one attached hydrogen (secondary N) is 2. The highest BCUT2D eigenvalue weighted by atomic mass is 16.5. The van der Waals surface area contributed by atoms with E-state index in [0.717, 1.165) is 25.1 Å². The second kappa shape index (κ2) is 11.5. The summed E-state index contributed by atoms with van der Waals surface area (Å²) >= 11 is 0. The molecule has 0 spiro atoms. The van der Waals surface area contributed by atoms with Gasteiger partial charge in [0.05, 0.1) is 6.61 Å². The predicted molar refractivity (Wildman–Crippen MR) is 140 cm³/mol. The minimum Gasteiger partial charge on any atom is -0.494 e. The van der Waals surface area contributed by atoms with Crippen LogP contribution in [0.4, 0.5) is 0 Å². The number of hydrogen-bond donors (Lipinski definition) is 2. The number of aromatic nitrogens is 1. The first-order valence-electron chi connectivity index (χ1n) is 11.9. The van der Waals surface area contributed by atoms with E-state index in [0.29, 0.717) is 29.8 Å². The zero-order chi connectivity index (χ0) is 24.6. The van der Waals surface area contributed by atoms with Gasteiger partial charge in [-0.1, -0.05) is 54.6 Å². The van der Waals surface area contributed by atoms with Gasteiger partial charge in [0.15, 0.2) is 0 Å². The molecule has 0 aliphatic heterocycles. The van der Waals surface area contributed by atoms with Crippen LogP contribution < -0.4 is 15.5 Å². The standard InChI is InChI=1S/C29H31N3O3/c1-3-35-24-13-14-27-25(17-24)28(33)26(19-30-27)29(34)31-18-22-9-11-23(12-10-22)20-32(2)16-15-21-7-5-4-6-8-21/h4-14,17,19H,3,15-16,18,20H2,1-2H3,(H,30,33)(H,31,34). The lowest BCUT2D eigenvalue weighted by molar-refractivity contribution is 0.0949. The van der Waals surface area contributed by atoms with Crippen molar-refractivity contribution in [3.63, 3.8) is 0 Å². The molecule has 0 unspecified atom stereocenters. The fourth-order valence-electron chi connectivity index (χ4n) is 4.02. The molecule has 4 rings (SSSR count). The van der Waals surface area contributed by atoms with E-state index in [1.165, 1.54) is 17.3 Å². The van der Waals surface area contributed by atoms with Gasteiger partial charge in [0.25, 0.3) is 5.91 Å². The first-order chi connectivity index (χ1) is 17.0. The quantitative estimate of drug-likeness (QED) is 0.358. The van der Waals surface area contributed by atoms with Crippen LogP contribution >= 0.6 is 0 Å². The largest absolute Gasteiger partial charge is 0.494 e. The van der Waals surface area contributed by atoms with Crippen molar-refractivity contribution in [2.45, 2.75) is 26.4 Å². The molecule has 0 bridgehead atoms. The SMILES string of the molecule is CCOc1ccc2[nH]cc(C(=O)NCc3ccc(CN(C)CCc4ccccc4)cc3)c(=O)c2c1. The van der Waals surface area contributed by atoms with Gasteiger partial charge < -0.3 is 19.9 Å². The van der Waals surface area contributed by atoms with Crippen molar-refractivity contribution in [2.24, 2.45) is 0 Å². The average Bonchev–Trinajstić information content (AvgIpc) is 2.88. The molecular weight excluding hydrogens is 438 g/mol. The molecule has 6 heteroatoms. The number of ether oxygens (including phenoxy) is 1. The Labute approximate surface area is 205 Å². The van der Waals surface area contributed by atoms with Gasteiger partial charge in [-0.3, -0.25) is 9.59 Å². The Hall–Kier alpha value is -3.90. The van der Waals surface area contributed by atoms with Gasteiger partial charge in [-0.15, -0.1) is 0 Å². The Morgan fingerprint density at radius 1 is 0.971 bits per heavy atom. The molecule has 3 aromatic carbocycles. The molecule has 6 nitrogen and oxygen atoms in total. The number of aromatic amines is 1. The lowest BCUT2D eigenvalue weighted by Gasteiger charge is -2.17. The zero-order valence-electron chi connectivity index (χ0n) is 20.2. The first-order valence-corrected chi connectivity index (χ1v) is 11.9. The molecule has 0 atom stereocenters. The van der Waals surface area contributed by atoms with Crippen LogP contribution in [0.5, 0.6) is 5.75 Å². The van der Waals surface area contributed by atoms with Crippen molar-refractivity contribution in [2.75, 3.05) is 20.2 Å². The molecule has 2 N–H and O–H groups in total. The minimum absolute atomic E-state index is 0.0859. The highest BCUT2D eigenvalue weighted by Crippen LogP contribution is 2.17. The van der Waals surface area contributed by atoms with Gasteiger partial charge >= 0.3 is 0 Å². The van der Waals surface area contributed by atoms with E-state index in [9.17, 15) is 9.59 Å². The Kier molecular flexibility index (Phi) is 7.95. The number of fused-ring (bicyclic) bond motifs is 1. The molecule has 0 aliphatic rings. The monoisotopic (exact) mass is 469 g/mol. The molecule has 1 amide bonds. The Morgan fingerprint density at radius 3 is 2.46 bits per heavy atom. The van der Waals surface area contributed by atoms with Crippen LogP contribution in [-0.4, -0.2) is 36.0 Å². The maximum Gasteiger partial charge on any atom is 0.257 e. The molecule has 0 saturated heterocycles. The van der Waals surface area contributed by atoms with Crippen molar-refractivity contribution in [1.82, 2.24) is 15.2 Å². The van der Waals surface area contributed by atoms with Crippen LogP contribution in [-0.2, 0) is 19.5 Å². The van der Waals surface area contributed by atoms with Crippen molar-refractivity contribution in [3.05, 3.63) is 111 Å². The predicted octanol–water partition coefficient (Wildman–Crippen LogP) is 4.53. The smallest absolute Gasteiger partial charge is 0.257 e. The second-order valence-corrected chi connectivity index (χ2v) is 8.64. The number of benzene rings is 3. The number of amides is 1. The molecule has 35 heavy (non-hydrogen) atoms. The van der Waals surface area contributed by atoms with E-state index in [4.69, 9.17) is 4.74 Å². The molecule has 0 aliphatic carbocycles. The third-order valence-electron chi connectivity index (χ3n) is 5.96. The topological polar surface area (TPSA) is 74.4 Å². The van der Waals surface area contributed by atoms with Gasteiger partial charge in [-0.25, -0.2) is 0 Å². The molecule has 180 valence electrons. The molecule has 1 heterocycles. The Balaban J connectivity index is 1.33. The third-order valence-corrected chi connectivity index (χ3v) is 5.96. The van der Waals surface area contributed by atoms with Crippen LogP contribution in [0, 0.1) is 0 Å². The van der Waals surface area contributed by atoms with E-state index in [1.54, 1.807) is 18.2 Å². The summed E-state index contributed by atoms with van der Waals surface area (Å²) < 4.78 is 5.49. The molecular formula is C29H31N3O3. The summed E-state index contributed by atoms with van der Waals surface area (Å²) in [6, 6.07) is 23.9. The fourth-order valence-corrected chi connectivity index (χ4v) is 4.02. The highest BCUT2D eigenvalue weighted by Gasteiger charge is 2.13. The first kappa shape index (κ1) is 24.2. The van der Waals surface area contributed by atoms with Gasteiger partial charge in [-0.05, 0) is 55.3 Å². The maximum atomic E-state index is 12.9. The van der Waals surface area contributed by atoms with E-state index in [-0.39, 0.29) is 11.0 Å². The summed E-state index contributed by atoms with van der Waals surface area (Å²) in [5.41, 5.74) is 3.97. The highest BCUT2D eigenvalue weighted by molar-refractivity contribution is 5.97. The number of carbonyl (C=O) groups excluding carboxylic acids is 1. The molecule has 4 aromatic rings. The van der Waals surface area contributed by atoms with E-state index >= 15 is 0 Å². The number of rotatable bonds is 10. The van der Waals surface area contributed by atoms with Crippen LogP contribution in [0.3, 0.4) is 0 Å². The van der Waals surface area contributed by atoms with Gasteiger partial charge in [0.2, 0.25) is 5.43 Å². The van der Waals surface area contributed by atoms with Crippen molar-refractivity contribution in [1.29, 1.82) is 0 Å². The number of pyridine rings is 1. The zero-order valence-corrected chi connectivity index (χ0v) is 20.2. The number of H-pyrrole nitrogens is 1. The average molecular weight is 470 g/mol. The molecule has 0 saturated carbocycles. The molecule has 1 aromatic heterocycles. The Bertz CT molecular complexity index is 1330. The summed E-state index contributed by atoms with van der Waals surface area (Å²) in [6.07, 6.45) is 2.48. The van der Waals surface area contributed by atoms with Crippen molar-refractivity contribution >= 4 is 16.8 Å². The summed E-state index contributed by atoms with van der Waals surface area (Å²) in [4.78, 5) is 30.9. The summed E-state index contributed by atoms with van der Waals surface area (Å²) in [5.74, 6) is 0.202. The number of nitrogens with zero attached hydrogens (tertiary/aromatic N) is 1. The van der Waals surface area contributed by atoms with Crippen LogP contribution in [0.25, 0.3) is 10.9 Å².